The predicted octanol–water partition coefficient (Wildman–Crippen LogP) is 3.19. The molecule has 0 spiro atoms. The van der Waals surface area contributed by atoms with Crippen molar-refractivity contribution in [3.63, 3.8) is 0 Å². The molecule has 1 saturated carbocycles. The molecule has 8 nitrogen and oxygen atoms in total. The molecule has 3 aliphatic rings. The maximum absolute atomic E-state index is 13.1. The summed E-state index contributed by atoms with van der Waals surface area (Å²) in [5.74, 6) is 0.0235. The number of hydrogen-bond donors (Lipinski definition) is 1. The van der Waals surface area contributed by atoms with Gasteiger partial charge < -0.3 is 15.0 Å². The Bertz CT molecular complexity index is 960. The van der Waals surface area contributed by atoms with Gasteiger partial charge in [0.1, 0.15) is 0 Å². The lowest BCUT2D eigenvalue weighted by atomic mass is 9.84. The summed E-state index contributed by atoms with van der Waals surface area (Å²) in [5, 5.41) is 3.51. The smallest absolute Gasteiger partial charge is 0.338 e. The van der Waals surface area contributed by atoms with Crippen molar-refractivity contribution in [2.75, 3.05) is 46.4 Å². The van der Waals surface area contributed by atoms with Gasteiger partial charge in [-0.3, -0.25) is 14.6 Å². The van der Waals surface area contributed by atoms with Crippen molar-refractivity contribution in [1.82, 2.24) is 20.0 Å². The molecule has 1 aromatic rings. The third-order valence-electron chi connectivity index (χ3n) is 7.00. The van der Waals surface area contributed by atoms with Crippen molar-refractivity contribution in [2.24, 2.45) is 5.92 Å². The highest BCUT2D eigenvalue weighted by molar-refractivity contribution is 6.30. The summed E-state index contributed by atoms with van der Waals surface area (Å²) < 4.78 is 5.41. The molecule has 1 aliphatic carbocycles. The van der Waals surface area contributed by atoms with Crippen molar-refractivity contribution >= 4 is 29.5 Å². The number of esters is 1. The van der Waals surface area contributed by atoms with Crippen molar-refractivity contribution in [3.05, 3.63) is 46.1 Å². The Morgan fingerprint density at radius 1 is 1.09 bits per heavy atom. The van der Waals surface area contributed by atoms with E-state index in [1.165, 1.54) is 4.90 Å². The first-order valence-corrected chi connectivity index (χ1v) is 12.5. The molecule has 0 radical (unpaired) electrons. The number of likely N-dealkylation sites (N-methyl/N-ethyl adjacent to an activating group) is 1. The second kappa shape index (κ2) is 10.8. The zero-order valence-electron chi connectivity index (χ0n) is 19.9. The molecule has 1 saturated heterocycles. The van der Waals surface area contributed by atoms with Crippen LogP contribution in [0.5, 0.6) is 0 Å². The first-order chi connectivity index (χ1) is 16.4. The molecule has 0 aromatic heterocycles. The molecule has 1 unspecified atom stereocenters. The van der Waals surface area contributed by atoms with Crippen molar-refractivity contribution < 1.29 is 19.1 Å². The summed E-state index contributed by atoms with van der Waals surface area (Å²) in [6, 6.07) is 6.20. The first kappa shape index (κ1) is 24.5. The van der Waals surface area contributed by atoms with E-state index in [9.17, 15) is 14.4 Å². The van der Waals surface area contributed by atoms with Crippen LogP contribution in [0.1, 0.15) is 44.2 Å². The summed E-state index contributed by atoms with van der Waals surface area (Å²) in [5.41, 5.74) is 1.82. The number of carbonyl (C=O) groups is 3. The summed E-state index contributed by atoms with van der Waals surface area (Å²) in [6.07, 6.45) is 4.00. The lowest BCUT2D eigenvalue weighted by Gasteiger charge is -2.36. The van der Waals surface area contributed by atoms with Gasteiger partial charge in [-0.05, 0) is 43.9 Å². The van der Waals surface area contributed by atoms with Gasteiger partial charge in [-0.25, -0.2) is 9.59 Å². The normalized spacial score (nSPS) is 22.2. The molecule has 9 heteroatoms. The Balaban J connectivity index is 1.59. The maximum atomic E-state index is 13.1. The highest BCUT2D eigenvalue weighted by Crippen LogP contribution is 2.32. The average molecular weight is 489 g/mol. The van der Waals surface area contributed by atoms with Crippen LogP contribution in [0.15, 0.2) is 35.5 Å². The Labute approximate surface area is 205 Å². The third kappa shape index (κ3) is 5.23. The van der Waals surface area contributed by atoms with Gasteiger partial charge in [0.25, 0.3) is 0 Å². The predicted molar refractivity (Wildman–Crippen MR) is 129 cm³/mol. The van der Waals surface area contributed by atoms with Crippen LogP contribution in [0.25, 0.3) is 0 Å². The van der Waals surface area contributed by atoms with Crippen LogP contribution in [0.4, 0.5) is 4.79 Å². The first-order valence-electron chi connectivity index (χ1n) is 12.1. The highest BCUT2D eigenvalue weighted by atomic mass is 35.5. The lowest BCUT2D eigenvalue weighted by Crippen LogP contribution is -2.49. The number of urea groups is 1. The Morgan fingerprint density at radius 3 is 2.47 bits per heavy atom. The van der Waals surface area contributed by atoms with Crippen LogP contribution in [0.3, 0.4) is 0 Å². The van der Waals surface area contributed by atoms with Gasteiger partial charge in [0.05, 0.1) is 18.2 Å². The second-order valence-corrected chi connectivity index (χ2v) is 9.59. The quantitative estimate of drug-likeness (QED) is 0.622. The van der Waals surface area contributed by atoms with Crippen LogP contribution in [0.2, 0.25) is 5.02 Å². The minimum Gasteiger partial charge on any atom is -0.463 e. The van der Waals surface area contributed by atoms with Crippen LogP contribution in [-0.2, 0) is 14.3 Å². The molecule has 4 rings (SSSR count). The molecule has 0 bridgehead atoms. The molecule has 1 N–H and O–H groups in total. The minimum atomic E-state index is -0.626. The molecule has 2 aliphatic heterocycles. The van der Waals surface area contributed by atoms with Crippen LogP contribution in [0, 0.1) is 5.92 Å². The van der Waals surface area contributed by atoms with E-state index < -0.39 is 12.0 Å². The number of nitrogens with zero attached hydrogens (tertiary/aromatic N) is 3. The molecule has 1 atom stereocenters. The fourth-order valence-electron chi connectivity index (χ4n) is 4.78. The van der Waals surface area contributed by atoms with Crippen LogP contribution >= 0.6 is 11.6 Å². The molecule has 184 valence electrons. The van der Waals surface area contributed by atoms with Gasteiger partial charge in [0.2, 0.25) is 5.91 Å². The van der Waals surface area contributed by atoms with Gasteiger partial charge in [-0.15, -0.1) is 0 Å². The van der Waals surface area contributed by atoms with Gasteiger partial charge in [-0.2, -0.15) is 0 Å². The molecule has 34 heavy (non-hydrogen) atoms. The van der Waals surface area contributed by atoms with E-state index in [0.29, 0.717) is 35.9 Å². The minimum absolute atomic E-state index is 0.193. The fraction of sp³-hybridized carbons (Fsp3) is 0.560. The van der Waals surface area contributed by atoms with E-state index >= 15 is 0 Å². The standard InChI is InChI=1S/C25H33ClN4O4/c1-3-34-24(32)21-20(28(2)25(33)27-22(21)17-8-10-19(26)11-9-17)16-29-12-5-13-30(15-14-29)23(31)18-6-4-7-18/h8-11,18,22H,3-7,12-16H2,1-2H3,(H,27,33). The van der Waals surface area contributed by atoms with Gasteiger partial charge in [-0.1, -0.05) is 30.2 Å². The monoisotopic (exact) mass is 488 g/mol. The highest BCUT2D eigenvalue weighted by Gasteiger charge is 2.38. The topological polar surface area (TPSA) is 82.2 Å². The number of rotatable bonds is 6. The average Bonchev–Trinajstić information content (AvgIpc) is 3.02. The number of hydrogen-bond acceptors (Lipinski definition) is 5. The number of carbonyl (C=O) groups excluding carboxylic acids is 3. The van der Waals surface area contributed by atoms with E-state index in [2.05, 4.69) is 10.2 Å². The molecular formula is C25H33ClN4O4. The molecule has 2 heterocycles. The van der Waals surface area contributed by atoms with Crippen molar-refractivity contribution in [3.8, 4) is 0 Å². The van der Waals surface area contributed by atoms with Crippen molar-refractivity contribution in [2.45, 2.75) is 38.6 Å². The number of ether oxygens (including phenoxy) is 1. The molecule has 3 amide bonds. The molecular weight excluding hydrogens is 456 g/mol. The van der Waals surface area contributed by atoms with E-state index in [1.54, 1.807) is 26.1 Å². The second-order valence-electron chi connectivity index (χ2n) is 9.16. The number of nitrogens with one attached hydrogen (secondary N) is 1. The summed E-state index contributed by atoms with van der Waals surface area (Å²) in [7, 11) is 1.67. The van der Waals surface area contributed by atoms with Crippen molar-refractivity contribution in [1.29, 1.82) is 0 Å². The van der Waals surface area contributed by atoms with Gasteiger partial charge in [0.15, 0.2) is 0 Å². The van der Waals surface area contributed by atoms with Crippen LogP contribution in [-0.4, -0.2) is 79.0 Å². The lowest BCUT2D eigenvalue weighted by molar-refractivity contribution is -0.139. The Hall–Kier alpha value is -2.58. The molecule has 1 aromatic carbocycles. The number of benzene rings is 1. The zero-order valence-corrected chi connectivity index (χ0v) is 20.6. The fourth-order valence-corrected chi connectivity index (χ4v) is 4.90. The van der Waals surface area contributed by atoms with Gasteiger partial charge in [0, 0.05) is 56.4 Å². The molecule has 2 fully saturated rings. The van der Waals surface area contributed by atoms with E-state index in [-0.39, 0.29) is 24.5 Å². The number of halogens is 1. The third-order valence-corrected chi connectivity index (χ3v) is 7.26. The summed E-state index contributed by atoms with van der Waals surface area (Å²) in [4.78, 5) is 44.4. The van der Waals surface area contributed by atoms with Crippen LogP contribution < -0.4 is 5.32 Å². The van der Waals surface area contributed by atoms with E-state index in [0.717, 1.165) is 44.3 Å². The maximum Gasteiger partial charge on any atom is 0.338 e. The zero-order chi connectivity index (χ0) is 24.2. The Kier molecular flexibility index (Phi) is 7.78. The van der Waals surface area contributed by atoms with E-state index in [4.69, 9.17) is 16.3 Å². The van der Waals surface area contributed by atoms with Gasteiger partial charge >= 0.3 is 12.0 Å². The summed E-state index contributed by atoms with van der Waals surface area (Å²) in [6.45, 7) is 5.32. The van der Waals surface area contributed by atoms with E-state index in [1.807, 2.05) is 17.0 Å². The SMILES string of the molecule is CCOC(=O)C1=C(CN2CCCN(C(=O)C3CCC3)CC2)N(C)C(=O)NC1c1ccc(Cl)cc1. The Morgan fingerprint density at radius 2 is 1.82 bits per heavy atom. The number of amides is 3. The summed E-state index contributed by atoms with van der Waals surface area (Å²) >= 11 is 6.06. The largest absolute Gasteiger partial charge is 0.463 e.